The van der Waals surface area contributed by atoms with Crippen molar-refractivity contribution in [3.05, 3.63) is 29.6 Å². The van der Waals surface area contributed by atoms with Crippen LogP contribution in [0.3, 0.4) is 0 Å². The van der Waals surface area contributed by atoms with E-state index in [9.17, 15) is 17.6 Å². The summed E-state index contributed by atoms with van der Waals surface area (Å²) in [5.41, 5.74) is 6.34. The third-order valence-corrected chi connectivity index (χ3v) is 2.66. The topological polar surface area (TPSA) is 29.3 Å². The maximum Gasteiger partial charge on any atom is 0.405 e. The van der Waals surface area contributed by atoms with Gasteiger partial charge in [-0.3, -0.25) is 0 Å². The number of alkyl halides is 3. The fraction of sp³-hybridized carbons (Fsp3) is 0.538. The molecule has 0 aliphatic carbocycles. The smallest absolute Gasteiger partial charge is 0.362 e. The molecule has 0 heterocycles. The largest absolute Gasteiger partial charge is 0.405 e. The van der Waals surface area contributed by atoms with Gasteiger partial charge in [0.15, 0.2) is 0 Å². The number of benzene rings is 1. The third kappa shape index (κ3) is 5.06. The van der Waals surface area contributed by atoms with E-state index in [2.05, 4.69) is 0 Å². The molecule has 0 bridgehead atoms. The van der Waals surface area contributed by atoms with Gasteiger partial charge in [-0.1, -0.05) is 6.92 Å². The molecule has 0 aliphatic heterocycles. The predicted octanol–water partition coefficient (Wildman–Crippen LogP) is 3.11. The highest BCUT2D eigenvalue weighted by Gasteiger charge is 2.31. The van der Waals surface area contributed by atoms with Gasteiger partial charge in [-0.25, -0.2) is 4.39 Å². The Morgan fingerprint density at radius 2 is 1.95 bits per heavy atom. The number of halogens is 4. The first kappa shape index (κ1) is 15.8. The standard InChI is InChI=1S/C13H18F4N2/c1-2-7-19(9-13(15,16)17)12-4-3-11(14)8-10(12)5-6-18/h3-4,8H,2,5-7,9,18H2,1H3. The van der Waals surface area contributed by atoms with Gasteiger partial charge >= 0.3 is 6.18 Å². The van der Waals surface area contributed by atoms with E-state index in [0.717, 1.165) is 0 Å². The molecule has 0 aliphatic rings. The number of rotatable bonds is 6. The third-order valence-electron chi connectivity index (χ3n) is 2.66. The Hall–Kier alpha value is -1.30. The molecule has 2 N–H and O–H groups in total. The Bertz CT molecular complexity index is 404. The summed E-state index contributed by atoms with van der Waals surface area (Å²) in [4.78, 5) is 1.23. The summed E-state index contributed by atoms with van der Waals surface area (Å²) in [5, 5.41) is 0. The minimum absolute atomic E-state index is 0.266. The van der Waals surface area contributed by atoms with E-state index in [1.807, 2.05) is 0 Å². The summed E-state index contributed by atoms with van der Waals surface area (Å²) in [5.74, 6) is -0.462. The Morgan fingerprint density at radius 1 is 1.26 bits per heavy atom. The van der Waals surface area contributed by atoms with Gasteiger partial charge in [-0.15, -0.1) is 0 Å². The van der Waals surface area contributed by atoms with Gasteiger partial charge in [0, 0.05) is 12.2 Å². The maximum absolute atomic E-state index is 13.2. The average Bonchev–Trinajstić information content (AvgIpc) is 2.27. The van der Waals surface area contributed by atoms with Crippen LogP contribution in [0.25, 0.3) is 0 Å². The zero-order valence-corrected chi connectivity index (χ0v) is 10.8. The summed E-state index contributed by atoms with van der Waals surface area (Å²) in [7, 11) is 0. The highest BCUT2D eigenvalue weighted by atomic mass is 19.4. The van der Waals surface area contributed by atoms with E-state index < -0.39 is 18.5 Å². The van der Waals surface area contributed by atoms with Crippen molar-refractivity contribution in [2.75, 3.05) is 24.5 Å². The Labute approximate surface area is 110 Å². The predicted molar refractivity (Wildman–Crippen MR) is 67.7 cm³/mol. The van der Waals surface area contributed by atoms with Crippen molar-refractivity contribution in [3.63, 3.8) is 0 Å². The zero-order chi connectivity index (χ0) is 14.5. The lowest BCUT2D eigenvalue weighted by atomic mass is 10.1. The molecule has 108 valence electrons. The molecular weight excluding hydrogens is 260 g/mol. The fourth-order valence-corrected chi connectivity index (χ4v) is 1.99. The van der Waals surface area contributed by atoms with Crippen molar-refractivity contribution in [2.45, 2.75) is 25.9 Å². The van der Waals surface area contributed by atoms with Crippen LogP contribution in [0.4, 0.5) is 23.2 Å². The van der Waals surface area contributed by atoms with E-state index in [1.54, 1.807) is 6.92 Å². The Balaban J connectivity index is 3.06. The molecule has 6 heteroatoms. The molecule has 19 heavy (non-hydrogen) atoms. The molecule has 1 aromatic rings. The minimum Gasteiger partial charge on any atom is -0.362 e. The van der Waals surface area contributed by atoms with Gasteiger partial charge in [0.25, 0.3) is 0 Å². The van der Waals surface area contributed by atoms with E-state index in [1.165, 1.54) is 23.1 Å². The molecule has 0 unspecified atom stereocenters. The van der Waals surface area contributed by atoms with Gasteiger partial charge in [-0.05, 0) is 43.1 Å². The van der Waals surface area contributed by atoms with Crippen molar-refractivity contribution in [3.8, 4) is 0 Å². The van der Waals surface area contributed by atoms with Crippen molar-refractivity contribution in [1.82, 2.24) is 0 Å². The van der Waals surface area contributed by atoms with Crippen LogP contribution in [0, 0.1) is 5.82 Å². The number of hydrogen-bond donors (Lipinski definition) is 1. The maximum atomic E-state index is 13.2. The van der Waals surface area contributed by atoms with Crippen LogP contribution in [0.2, 0.25) is 0 Å². The molecule has 0 atom stereocenters. The Kier molecular flexibility index (Phi) is 5.60. The summed E-state index contributed by atoms with van der Waals surface area (Å²) >= 11 is 0. The SMILES string of the molecule is CCCN(CC(F)(F)F)c1ccc(F)cc1CCN. The number of nitrogens with zero attached hydrogens (tertiary/aromatic N) is 1. The summed E-state index contributed by atoms with van der Waals surface area (Å²) in [6.45, 7) is 1.30. The molecule has 1 aromatic carbocycles. The van der Waals surface area contributed by atoms with Crippen LogP contribution in [-0.4, -0.2) is 25.8 Å². The van der Waals surface area contributed by atoms with Crippen LogP contribution in [-0.2, 0) is 6.42 Å². The second-order valence-electron chi connectivity index (χ2n) is 4.35. The van der Waals surface area contributed by atoms with Gasteiger partial charge < -0.3 is 10.6 Å². The molecule has 2 nitrogen and oxygen atoms in total. The van der Waals surface area contributed by atoms with Crippen molar-refractivity contribution in [1.29, 1.82) is 0 Å². The molecule has 0 amide bonds. The molecular formula is C13H18F4N2. The van der Waals surface area contributed by atoms with Crippen molar-refractivity contribution >= 4 is 5.69 Å². The molecule has 0 fully saturated rings. The number of nitrogens with two attached hydrogens (primary N) is 1. The van der Waals surface area contributed by atoms with Crippen LogP contribution in [0.15, 0.2) is 18.2 Å². The monoisotopic (exact) mass is 278 g/mol. The van der Waals surface area contributed by atoms with Gasteiger partial charge in [0.05, 0.1) is 0 Å². The van der Waals surface area contributed by atoms with E-state index in [-0.39, 0.29) is 13.1 Å². The molecule has 0 aromatic heterocycles. The first-order valence-electron chi connectivity index (χ1n) is 6.17. The summed E-state index contributed by atoms with van der Waals surface area (Å²) in [6, 6.07) is 3.82. The number of hydrogen-bond acceptors (Lipinski definition) is 2. The first-order chi connectivity index (χ1) is 8.87. The van der Waals surface area contributed by atoms with Gasteiger partial charge in [0.1, 0.15) is 12.4 Å². The van der Waals surface area contributed by atoms with Crippen molar-refractivity contribution < 1.29 is 17.6 Å². The lowest BCUT2D eigenvalue weighted by Crippen LogP contribution is -2.35. The molecule has 0 saturated carbocycles. The fourth-order valence-electron chi connectivity index (χ4n) is 1.99. The van der Waals surface area contributed by atoms with E-state index in [0.29, 0.717) is 24.1 Å². The first-order valence-corrected chi connectivity index (χ1v) is 6.17. The normalized spacial score (nSPS) is 11.7. The lowest BCUT2D eigenvalue weighted by Gasteiger charge is -2.27. The number of anilines is 1. The van der Waals surface area contributed by atoms with Crippen LogP contribution in [0.1, 0.15) is 18.9 Å². The van der Waals surface area contributed by atoms with Gasteiger partial charge in [0.2, 0.25) is 0 Å². The average molecular weight is 278 g/mol. The lowest BCUT2D eigenvalue weighted by molar-refractivity contribution is -0.119. The molecule has 0 saturated heterocycles. The van der Waals surface area contributed by atoms with E-state index in [4.69, 9.17) is 5.73 Å². The highest BCUT2D eigenvalue weighted by Crippen LogP contribution is 2.26. The van der Waals surface area contributed by atoms with Gasteiger partial charge in [-0.2, -0.15) is 13.2 Å². The summed E-state index contributed by atoms with van der Waals surface area (Å²) in [6.07, 6.45) is -3.36. The quantitative estimate of drug-likeness (QED) is 0.810. The minimum atomic E-state index is -4.29. The van der Waals surface area contributed by atoms with Crippen molar-refractivity contribution in [2.24, 2.45) is 5.73 Å². The van der Waals surface area contributed by atoms with E-state index >= 15 is 0 Å². The molecule has 1 rings (SSSR count). The second-order valence-corrected chi connectivity index (χ2v) is 4.35. The second kappa shape index (κ2) is 6.75. The highest BCUT2D eigenvalue weighted by molar-refractivity contribution is 5.54. The molecule has 0 radical (unpaired) electrons. The Morgan fingerprint density at radius 3 is 2.47 bits per heavy atom. The molecule has 0 spiro atoms. The van der Waals surface area contributed by atoms with Crippen LogP contribution >= 0.6 is 0 Å². The zero-order valence-electron chi connectivity index (χ0n) is 10.8. The van der Waals surface area contributed by atoms with Crippen LogP contribution in [0.5, 0.6) is 0 Å². The summed E-state index contributed by atoms with van der Waals surface area (Å²) < 4.78 is 50.9. The van der Waals surface area contributed by atoms with Crippen LogP contribution < -0.4 is 10.6 Å².